The molecule has 0 atom stereocenters. The van der Waals surface area contributed by atoms with Gasteiger partial charge in [-0.15, -0.1) is 0 Å². The van der Waals surface area contributed by atoms with Crippen molar-refractivity contribution in [2.24, 2.45) is 5.73 Å². The van der Waals surface area contributed by atoms with Crippen LogP contribution in [0.2, 0.25) is 0 Å². The van der Waals surface area contributed by atoms with Crippen molar-refractivity contribution < 1.29 is 9.47 Å². The molecule has 0 bridgehead atoms. The summed E-state index contributed by atoms with van der Waals surface area (Å²) in [5, 5.41) is 0. The fraction of sp³-hybridized carbons (Fsp3) is 0.333. The topological polar surface area (TPSA) is 44.5 Å². The third-order valence-corrected chi connectivity index (χ3v) is 2.13. The van der Waals surface area contributed by atoms with Crippen molar-refractivity contribution in [3.63, 3.8) is 0 Å². The van der Waals surface area contributed by atoms with Gasteiger partial charge in [-0.1, -0.05) is 17.9 Å². The van der Waals surface area contributed by atoms with Crippen LogP contribution in [0.15, 0.2) is 18.2 Å². The molecule has 0 unspecified atom stereocenters. The lowest BCUT2D eigenvalue weighted by molar-refractivity contribution is 0.171. The summed E-state index contributed by atoms with van der Waals surface area (Å²) in [6.07, 6.45) is 0.702. The molecule has 2 rings (SSSR count). The first-order valence-corrected chi connectivity index (χ1v) is 4.94. The van der Waals surface area contributed by atoms with Crippen LogP contribution in [0.3, 0.4) is 0 Å². The molecular weight excluding hydrogens is 190 g/mol. The summed E-state index contributed by atoms with van der Waals surface area (Å²) in [5.74, 6) is 7.45. The highest BCUT2D eigenvalue weighted by molar-refractivity contribution is 5.44. The van der Waals surface area contributed by atoms with Gasteiger partial charge in [-0.3, -0.25) is 0 Å². The van der Waals surface area contributed by atoms with Gasteiger partial charge in [-0.2, -0.15) is 0 Å². The lowest BCUT2D eigenvalue weighted by Gasteiger charge is -2.18. The average Bonchev–Trinajstić information content (AvgIpc) is 2.29. The van der Waals surface area contributed by atoms with Crippen molar-refractivity contribution in [2.45, 2.75) is 6.42 Å². The normalized spacial score (nSPS) is 12.9. The number of benzene rings is 1. The molecule has 0 spiro atoms. The smallest absolute Gasteiger partial charge is 0.161 e. The first-order valence-electron chi connectivity index (χ1n) is 4.94. The molecule has 3 heteroatoms. The third kappa shape index (κ3) is 2.42. The molecule has 0 aromatic heterocycles. The summed E-state index contributed by atoms with van der Waals surface area (Å²) in [4.78, 5) is 0. The highest BCUT2D eigenvalue weighted by atomic mass is 16.6. The molecule has 1 heterocycles. The third-order valence-electron chi connectivity index (χ3n) is 2.13. The number of hydrogen-bond acceptors (Lipinski definition) is 3. The van der Waals surface area contributed by atoms with Gasteiger partial charge >= 0.3 is 0 Å². The van der Waals surface area contributed by atoms with E-state index in [-0.39, 0.29) is 0 Å². The average molecular weight is 203 g/mol. The van der Waals surface area contributed by atoms with E-state index in [0.717, 1.165) is 17.1 Å². The van der Waals surface area contributed by atoms with Gasteiger partial charge < -0.3 is 15.2 Å². The Morgan fingerprint density at radius 3 is 2.73 bits per heavy atom. The number of ether oxygens (including phenoxy) is 2. The molecule has 3 nitrogen and oxygen atoms in total. The van der Waals surface area contributed by atoms with E-state index in [1.54, 1.807) is 0 Å². The predicted octanol–water partition coefficient (Wildman–Crippen LogP) is 0.962. The Hall–Kier alpha value is -1.66. The monoisotopic (exact) mass is 203 g/mol. The fourth-order valence-corrected chi connectivity index (χ4v) is 1.43. The molecule has 0 saturated carbocycles. The number of hydrogen-bond donors (Lipinski definition) is 1. The maximum Gasteiger partial charge on any atom is 0.161 e. The Morgan fingerprint density at radius 1 is 1.13 bits per heavy atom. The van der Waals surface area contributed by atoms with Gasteiger partial charge in [0.05, 0.1) is 6.54 Å². The summed E-state index contributed by atoms with van der Waals surface area (Å²) in [5.41, 5.74) is 6.41. The van der Waals surface area contributed by atoms with Crippen molar-refractivity contribution in [2.75, 3.05) is 19.8 Å². The lowest BCUT2D eigenvalue weighted by atomic mass is 10.1. The zero-order valence-electron chi connectivity index (χ0n) is 8.45. The van der Waals surface area contributed by atoms with Gasteiger partial charge in [-0.05, 0) is 17.7 Å². The molecule has 0 amide bonds. The maximum atomic E-state index is 5.47. The Labute approximate surface area is 89.2 Å². The van der Waals surface area contributed by atoms with E-state index in [0.29, 0.717) is 26.2 Å². The maximum absolute atomic E-state index is 5.47. The van der Waals surface area contributed by atoms with Crippen LogP contribution >= 0.6 is 0 Å². The van der Waals surface area contributed by atoms with Gasteiger partial charge in [0.25, 0.3) is 0 Å². The molecule has 1 aromatic carbocycles. The fourth-order valence-electron chi connectivity index (χ4n) is 1.43. The molecule has 1 aliphatic heterocycles. The van der Waals surface area contributed by atoms with Crippen LogP contribution in [0.25, 0.3) is 0 Å². The second kappa shape index (κ2) is 4.72. The molecule has 0 aliphatic carbocycles. The SMILES string of the molecule is NCC#CCc1ccc2c(c1)OCCO2. The summed E-state index contributed by atoms with van der Waals surface area (Å²) in [7, 11) is 0. The minimum Gasteiger partial charge on any atom is -0.486 e. The van der Waals surface area contributed by atoms with Gasteiger partial charge in [0.2, 0.25) is 0 Å². The molecule has 1 aromatic rings. The second-order valence-corrected chi connectivity index (χ2v) is 3.21. The highest BCUT2D eigenvalue weighted by Crippen LogP contribution is 2.30. The quantitative estimate of drug-likeness (QED) is 0.691. The second-order valence-electron chi connectivity index (χ2n) is 3.21. The van der Waals surface area contributed by atoms with E-state index in [2.05, 4.69) is 11.8 Å². The Morgan fingerprint density at radius 2 is 1.93 bits per heavy atom. The Bertz CT molecular complexity index is 404. The predicted molar refractivity (Wildman–Crippen MR) is 58.0 cm³/mol. The summed E-state index contributed by atoms with van der Waals surface area (Å²) in [6, 6.07) is 5.90. The van der Waals surface area contributed by atoms with Crippen LogP contribution < -0.4 is 15.2 Å². The van der Waals surface area contributed by atoms with E-state index in [1.807, 2.05) is 18.2 Å². The Kier molecular flexibility index (Phi) is 3.11. The molecule has 0 fully saturated rings. The molecular formula is C12H13NO2. The van der Waals surface area contributed by atoms with E-state index in [4.69, 9.17) is 15.2 Å². The van der Waals surface area contributed by atoms with E-state index in [9.17, 15) is 0 Å². The first kappa shape index (κ1) is 9.88. The van der Waals surface area contributed by atoms with Crippen molar-refractivity contribution in [3.8, 4) is 23.3 Å². The van der Waals surface area contributed by atoms with Crippen molar-refractivity contribution in [1.82, 2.24) is 0 Å². The molecule has 15 heavy (non-hydrogen) atoms. The van der Waals surface area contributed by atoms with Crippen LogP contribution in [-0.4, -0.2) is 19.8 Å². The van der Waals surface area contributed by atoms with Crippen LogP contribution in [-0.2, 0) is 6.42 Å². The standard InChI is InChI=1S/C12H13NO2/c13-6-2-1-3-10-4-5-11-12(9-10)15-8-7-14-11/h4-5,9H,3,6-8,13H2. The van der Waals surface area contributed by atoms with Crippen LogP contribution in [0, 0.1) is 11.8 Å². The van der Waals surface area contributed by atoms with Crippen molar-refractivity contribution >= 4 is 0 Å². The zero-order valence-corrected chi connectivity index (χ0v) is 8.45. The lowest BCUT2D eigenvalue weighted by Crippen LogP contribution is -2.15. The molecule has 2 N–H and O–H groups in total. The van der Waals surface area contributed by atoms with Gasteiger partial charge in [0, 0.05) is 6.42 Å². The van der Waals surface area contributed by atoms with Gasteiger partial charge in [0.15, 0.2) is 11.5 Å². The van der Waals surface area contributed by atoms with E-state index >= 15 is 0 Å². The Balaban J connectivity index is 2.13. The largest absolute Gasteiger partial charge is 0.486 e. The number of fused-ring (bicyclic) bond motifs is 1. The molecule has 78 valence electrons. The minimum absolute atomic E-state index is 0.407. The van der Waals surface area contributed by atoms with Crippen molar-refractivity contribution in [1.29, 1.82) is 0 Å². The summed E-state index contributed by atoms with van der Waals surface area (Å²) in [6.45, 7) is 1.65. The van der Waals surface area contributed by atoms with Gasteiger partial charge in [-0.25, -0.2) is 0 Å². The van der Waals surface area contributed by atoms with E-state index in [1.165, 1.54) is 0 Å². The van der Waals surface area contributed by atoms with E-state index < -0.39 is 0 Å². The zero-order chi connectivity index (χ0) is 10.5. The number of nitrogens with two attached hydrogens (primary N) is 1. The van der Waals surface area contributed by atoms with Crippen molar-refractivity contribution in [3.05, 3.63) is 23.8 Å². The minimum atomic E-state index is 0.407. The number of rotatable bonds is 1. The summed E-state index contributed by atoms with van der Waals surface area (Å²) < 4.78 is 10.9. The highest BCUT2D eigenvalue weighted by Gasteiger charge is 2.10. The molecule has 0 radical (unpaired) electrons. The van der Waals surface area contributed by atoms with Crippen LogP contribution in [0.5, 0.6) is 11.5 Å². The first-order chi connectivity index (χ1) is 7.40. The van der Waals surface area contributed by atoms with Crippen LogP contribution in [0.1, 0.15) is 5.56 Å². The molecule has 1 aliphatic rings. The van der Waals surface area contributed by atoms with Crippen LogP contribution in [0.4, 0.5) is 0 Å². The van der Waals surface area contributed by atoms with Gasteiger partial charge in [0.1, 0.15) is 13.2 Å². The summed E-state index contributed by atoms with van der Waals surface area (Å²) >= 11 is 0. The molecule has 0 saturated heterocycles.